The van der Waals surface area contributed by atoms with E-state index in [1.54, 1.807) is 4.57 Å². The zero-order chi connectivity index (χ0) is 12.0. The number of rotatable bonds is 1. The number of nitrogens with one attached hydrogen (secondary N) is 1. The maximum absolute atomic E-state index is 11.8. The van der Waals surface area contributed by atoms with E-state index in [9.17, 15) is 4.79 Å². The number of hydrogen-bond donors (Lipinski definition) is 2. The fraction of sp³-hybridized carbons (Fsp3) is 0.818. The van der Waals surface area contributed by atoms with Gasteiger partial charge in [-0.2, -0.15) is 5.10 Å². The van der Waals surface area contributed by atoms with Crippen molar-refractivity contribution in [2.45, 2.75) is 57.5 Å². The normalized spacial score (nSPS) is 20.2. The first-order valence-electron chi connectivity index (χ1n) is 5.82. The SMILES string of the molecule is CC(C)(C)n1c(C2(N)CCCC2)n[nH]c1=O. The van der Waals surface area contributed by atoms with Crippen LogP contribution in [0.2, 0.25) is 0 Å². The summed E-state index contributed by atoms with van der Waals surface area (Å²) in [5.74, 6) is 0.711. The van der Waals surface area contributed by atoms with Crippen molar-refractivity contribution in [3.05, 3.63) is 16.3 Å². The van der Waals surface area contributed by atoms with Gasteiger partial charge in [0, 0.05) is 5.54 Å². The number of nitrogens with two attached hydrogens (primary N) is 1. The minimum atomic E-state index is -0.424. The van der Waals surface area contributed by atoms with Gasteiger partial charge < -0.3 is 5.73 Å². The molecule has 1 aliphatic rings. The van der Waals surface area contributed by atoms with E-state index in [1.807, 2.05) is 20.8 Å². The molecule has 1 heterocycles. The summed E-state index contributed by atoms with van der Waals surface area (Å²) in [6.07, 6.45) is 4.05. The third kappa shape index (κ3) is 1.69. The Morgan fingerprint density at radius 3 is 2.44 bits per heavy atom. The molecular weight excluding hydrogens is 204 g/mol. The van der Waals surface area contributed by atoms with E-state index in [0.29, 0.717) is 5.82 Å². The van der Waals surface area contributed by atoms with E-state index in [4.69, 9.17) is 5.73 Å². The van der Waals surface area contributed by atoms with Crippen molar-refractivity contribution in [1.82, 2.24) is 14.8 Å². The Labute approximate surface area is 95.0 Å². The van der Waals surface area contributed by atoms with Crippen LogP contribution in [0, 0.1) is 0 Å². The Morgan fingerprint density at radius 2 is 1.94 bits per heavy atom. The second-order valence-corrected chi connectivity index (χ2v) is 5.72. The van der Waals surface area contributed by atoms with E-state index >= 15 is 0 Å². The molecule has 1 aromatic rings. The monoisotopic (exact) mass is 224 g/mol. The van der Waals surface area contributed by atoms with Crippen molar-refractivity contribution in [2.75, 3.05) is 0 Å². The molecule has 16 heavy (non-hydrogen) atoms. The average molecular weight is 224 g/mol. The molecule has 0 bridgehead atoms. The summed E-state index contributed by atoms with van der Waals surface area (Å²) in [5.41, 5.74) is 5.47. The number of H-pyrrole nitrogens is 1. The average Bonchev–Trinajstić information content (AvgIpc) is 2.71. The molecule has 0 atom stereocenters. The predicted molar refractivity (Wildman–Crippen MR) is 62.2 cm³/mol. The molecule has 1 fully saturated rings. The highest BCUT2D eigenvalue weighted by molar-refractivity contribution is 5.09. The van der Waals surface area contributed by atoms with E-state index in [0.717, 1.165) is 25.7 Å². The van der Waals surface area contributed by atoms with E-state index in [1.165, 1.54) is 0 Å². The van der Waals surface area contributed by atoms with Gasteiger partial charge in [-0.05, 0) is 33.6 Å². The number of hydrogen-bond acceptors (Lipinski definition) is 3. The summed E-state index contributed by atoms with van der Waals surface area (Å²) >= 11 is 0. The van der Waals surface area contributed by atoms with Crippen LogP contribution in [0.15, 0.2) is 4.79 Å². The molecule has 0 amide bonds. The lowest BCUT2D eigenvalue weighted by molar-refractivity contribution is 0.321. The first kappa shape index (κ1) is 11.4. The summed E-state index contributed by atoms with van der Waals surface area (Å²) in [6, 6.07) is 0. The molecule has 5 heteroatoms. The van der Waals surface area contributed by atoms with Crippen LogP contribution in [-0.4, -0.2) is 14.8 Å². The summed E-state index contributed by atoms with van der Waals surface area (Å²) in [4.78, 5) is 11.8. The van der Waals surface area contributed by atoms with Gasteiger partial charge >= 0.3 is 5.69 Å². The van der Waals surface area contributed by atoms with Gasteiger partial charge in [-0.3, -0.25) is 4.57 Å². The van der Waals surface area contributed by atoms with Crippen molar-refractivity contribution in [2.24, 2.45) is 5.73 Å². The summed E-state index contributed by atoms with van der Waals surface area (Å²) in [7, 11) is 0. The van der Waals surface area contributed by atoms with Gasteiger partial charge in [-0.15, -0.1) is 0 Å². The zero-order valence-electron chi connectivity index (χ0n) is 10.2. The Bertz CT molecular complexity index is 432. The van der Waals surface area contributed by atoms with Crippen LogP contribution in [0.3, 0.4) is 0 Å². The second kappa shape index (κ2) is 3.45. The van der Waals surface area contributed by atoms with Crippen LogP contribution in [0.4, 0.5) is 0 Å². The Kier molecular flexibility index (Phi) is 2.45. The maximum atomic E-state index is 11.8. The van der Waals surface area contributed by atoms with Crippen molar-refractivity contribution in [3.8, 4) is 0 Å². The Hall–Kier alpha value is -1.10. The molecule has 0 aromatic carbocycles. The summed E-state index contributed by atoms with van der Waals surface area (Å²) < 4.78 is 1.69. The minimum Gasteiger partial charge on any atom is -0.319 e. The summed E-state index contributed by atoms with van der Waals surface area (Å²) in [5, 5.41) is 6.66. The first-order chi connectivity index (χ1) is 7.34. The van der Waals surface area contributed by atoms with Gasteiger partial charge in [0.2, 0.25) is 0 Å². The van der Waals surface area contributed by atoms with E-state index < -0.39 is 5.54 Å². The molecule has 0 radical (unpaired) electrons. The van der Waals surface area contributed by atoms with Gasteiger partial charge in [0.15, 0.2) is 5.82 Å². The molecule has 1 aromatic heterocycles. The van der Waals surface area contributed by atoms with Gasteiger partial charge in [0.25, 0.3) is 0 Å². The lowest BCUT2D eigenvalue weighted by Gasteiger charge is -2.28. The van der Waals surface area contributed by atoms with E-state index in [2.05, 4.69) is 10.2 Å². The van der Waals surface area contributed by atoms with Crippen LogP contribution < -0.4 is 11.4 Å². The van der Waals surface area contributed by atoms with Crippen molar-refractivity contribution < 1.29 is 0 Å². The van der Waals surface area contributed by atoms with Gasteiger partial charge in [0.05, 0.1) is 5.54 Å². The van der Waals surface area contributed by atoms with Gasteiger partial charge in [-0.1, -0.05) is 12.8 Å². The topological polar surface area (TPSA) is 76.7 Å². The third-order valence-electron chi connectivity index (χ3n) is 3.28. The molecule has 0 spiro atoms. The molecule has 3 N–H and O–H groups in total. The molecule has 0 aliphatic heterocycles. The highest BCUT2D eigenvalue weighted by Gasteiger charge is 2.38. The molecule has 90 valence electrons. The van der Waals surface area contributed by atoms with Crippen molar-refractivity contribution in [3.63, 3.8) is 0 Å². The Balaban J connectivity index is 2.54. The van der Waals surface area contributed by atoms with Crippen LogP contribution in [-0.2, 0) is 11.1 Å². The maximum Gasteiger partial charge on any atom is 0.343 e. The molecular formula is C11H20N4O. The Morgan fingerprint density at radius 1 is 1.38 bits per heavy atom. The van der Waals surface area contributed by atoms with Crippen LogP contribution >= 0.6 is 0 Å². The number of aromatic nitrogens is 3. The van der Waals surface area contributed by atoms with Crippen molar-refractivity contribution >= 4 is 0 Å². The quantitative estimate of drug-likeness (QED) is 0.748. The highest BCUT2D eigenvalue weighted by Crippen LogP contribution is 2.35. The standard InChI is InChI=1S/C11H20N4O/c1-10(2,3)15-8(13-14-9(15)16)11(12)6-4-5-7-11/h4-7,12H2,1-3H3,(H,14,16). The van der Waals surface area contributed by atoms with Gasteiger partial charge in [-0.25, -0.2) is 9.89 Å². The smallest absolute Gasteiger partial charge is 0.319 e. The van der Waals surface area contributed by atoms with E-state index in [-0.39, 0.29) is 11.2 Å². The highest BCUT2D eigenvalue weighted by atomic mass is 16.1. The predicted octanol–water partition coefficient (Wildman–Crippen LogP) is 1.05. The fourth-order valence-corrected chi connectivity index (χ4v) is 2.48. The molecule has 0 saturated heterocycles. The lowest BCUT2D eigenvalue weighted by atomic mass is 9.96. The minimum absolute atomic E-state index is 0.167. The van der Waals surface area contributed by atoms with Crippen LogP contribution in [0.5, 0.6) is 0 Å². The summed E-state index contributed by atoms with van der Waals surface area (Å²) in [6.45, 7) is 5.98. The first-order valence-corrected chi connectivity index (χ1v) is 5.82. The largest absolute Gasteiger partial charge is 0.343 e. The number of nitrogens with zero attached hydrogens (tertiary/aromatic N) is 2. The fourth-order valence-electron chi connectivity index (χ4n) is 2.48. The zero-order valence-corrected chi connectivity index (χ0v) is 10.2. The lowest BCUT2D eigenvalue weighted by Crippen LogP contribution is -2.42. The van der Waals surface area contributed by atoms with Crippen LogP contribution in [0.25, 0.3) is 0 Å². The third-order valence-corrected chi connectivity index (χ3v) is 3.28. The molecule has 1 aliphatic carbocycles. The molecule has 0 unspecified atom stereocenters. The second-order valence-electron chi connectivity index (χ2n) is 5.72. The molecule has 1 saturated carbocycles. The molecule has 5 nitrogen and oxygen atoms in total. The van der Waals surface area contributed by atoms with Gasteiger partial charge in [0.1, 0.15) is 0 Å². The number of aromatic amines is 1. The molecule has 2 rings (SSSR count). The van der Waals surface area contributed by atoms with Crippen molar-refractivity contribution in [1.29, 1.82) is 0 Å². The van der Waals surface area contributed by atoms with Crippen LogP contribution in [0.1, 0.15) is 52.3 Å².